The minimum Gasteiger partial charge on any atom is -0.444 e. The van der Waals surface area contributed by atoms with Gasteiger partial charge in [-0.05, 0) is 66.4 Å². The van der Waals surface area contributed by atoms with Gasteiger partial charge < -0.3 is 15.4 Å². The Morgan fingerprint density at radius 1 is 1.04 bits per heavy atom. The SMILES string of the molecule is CC(=O)C(CCCc1ccccc1)NC(=O)C(C)(C)NC(=O)OC(C)(C)C. The third-order valence-corrected chi connectivity index (χ3v) is 3.98. The predicted octanol–water partition coefficient (Wildman–Crippen LogP) is 3.39. The Hall–Kier alpha value is -2.37. The van der Waals surface area contributed by atoms with Gasteiger partial charge in [0.15, 0.2) is 5.78 Å². The summed E-state index contributed by atoms with van der Waals surface area (Å²) in [5.74, 6) is -0.530. The molecule has 0 fully saturated rings. The van der Waals surface area contributed by atoms with Crippen molar-refractivity contribution in [1.29, 1.82) is 0 Å². The number of hydrogen-bond acceptors (Lipinski definition) is 4. The third-order valence-electron chi connectivity index (χ3n) is 3.98. The van der Waals surface area contributed by atoms with Gasteiger partial charge in [-0.3, -0.25) is 9.59 Å². The highest BCUT2D eigenvalue weighted by atomic mass is 16.6. The molecule has 0 spiro atoms. The van der Waals surface area contributed by atoms with Crippen molar-refractivity contribution in [3.8, 4) is 0 Å². The Labute approximate surface area is 162 Å². The molecule has 0 aliphatic rings. The molecule has 0 aliphatic carbocycles. The predicted molar refractivity (Wildman–Crippen MR) is 105 cm³/mol. The van der Waals surface area contributed by atoms with Crippen molar-refractivity contribution in [2.45, 2.75) is 78.0 Å². The minimum absolute atomic E-state index is 0.107. The van der Waals surface area contributed by atoms with Crippen molar-refractivity contribution in [2.24, 2.45) is 0 Å². The molecule has 1 unspecified atom stereocenters. The first kappa shape index (κ1) is 22.7. The van der Waals surface area contributed by atoms with E-state index in [1.54, 1.807) is 34.6 Å². The first-order valence-corrected chi connectivity index (χ1v) is 9.27. The molecule has 0 bridgehead atoms. The monoisotopic (exact) mass is 376 g/mol. The summed E-state index contributed by atoms with van der Waals surface area (Å²) in [6.07, 6.45) is 1.47. The normalized spacial score (nSPS) is 12.8. The quantitative estimate of drug-likeness (QED) is 0.728. The van der Waals surface area contributed by atoms with E-state index < -0.39 is 29.2 Å². The largest absolute Gasteiger partial charge is 0.444 e. The number of ether oxygens (including phenoxy) is 1. The number of benzene rings is 1. The van der Waals surface area contributed by atoms with Crippen LogP contribution in [0.4, 0.5) is 4.79 Å². The fourth-order valence-corrected chi connectivity index (χ4v) is 2.49. The second kappa shape index (κ2) is 9.53. The molecule has 27 heavy (non-hydrogen) atoms. The molecular weight excluding hydrogens is 344 g/mol. The average molecular weight is 376 g/mol. The highest BCUT2D eigenvalue weighted by molar-refractivity contribution is 5.93. The number of aryl methyl sites for hydroxylation is 1. The molecule has 0 aromatic heterocycles. The van der Waals surface area contributed by atoms with Gasteiger partial charge in [0.25, 0.3) is 0 Å². The molecule has 0 radical (unpaired) electrons. The molecule has 0 aliphatic heterocycles. The number of ketones is 1. The van der Waals surface area contributed by atoms with Crippen LogP contribution in [0.2, 0.25) is 0 Å². The van der Waals surface area contributed by atoms with Gasteiger partial charge in [0.1, 0.15) is 11.1 Å². The number of rotatable bonds is 8. The van der Waals surface area contributed by atoms with Crippen molar-refractivity contribution < 1.29 is 19.1 Å². The van der Waals surface area contributed by atoms with Crippen LogP contribution in [0.15, 0.2) is 30.3 Å². The number of carbonyl (C=O) groups is 3. The maximum Gasteiger partial charge on any atom is 0.408 e. The van der Waals surface area contributed by atoms with E-state index in [9.17, 15) is 14.4 Å². The Bertz CT molecular complexity index is 648. The molecule has 2 N–H and O–H groups in total. The Morgan fingerprint density at radius 3 is 2.15 bits per heavy atom. The highest BCUT2D eigenvalue weighted by Gasteiger charge is 2.33. The molecule has 1 atom stereocenters. The topological polar surface area (TPSA) is 84.5 Å². The minimum atomic E-state index is -1.20. The van der Waals surface area contributed by atoms with Gasteiger partial charge in [-0.25, -0.2) is 4.79 Å². The third kappa shape index (κ3) is 8.71. The molecule has 1 rings (SSSR count). The zero-order valence-electron chi connectivity index (χ0n) is 17.2. The molecule has 6 heteroatoms. The van der Waals surface area contributed by atoms with E-state index in [4.69, 9.17) is 4.74 Å². The molecule has 0 saturated carbocycles. The van der Waals surface area contributed by atoms with Gasteiger partial charge in [0, 0.05) is 0 Å². The second-order valence-corrected chi connectivity index (χ2v) is 8.27. The first-order valence-electron chi connectivity index (χ1n) is 9.27. The smallest absolute Gasteiger partial charge is 0.408 e. The van der Waals surface area contributed by atoms with Gasteiger partial charge in [-0.15, -0.1) is 0 Å². The number of Topliss-reactive ketones (excluding diaryl/α,β-unsaturated/α-hetero) is 1. The Kier molecular flexibility index (Phi) is 8.00. The maximum absolute atomic E-state index is 12.6. The van der Waals surface area contributed by atoms with Crippen molar-refractivity contribution in [3.63, 3.8) is 0 Å². The van der Waals surface area contributed by atoms with Crippen molar-refractivity contribution >= 4 is 17.8 Å². The van der Waals surface area contributed by atoms with E-state index in [0.717, 1.165) is 12.8 Å². The zero-order valence-corrected chi connectivity index (χ0v) is 17.2. The average Bonchev–Trinajstić information content (AvgIpc) is 2.52. The Morgan fingerprint density at radius 2 is 1.63 bits per heavy atom. The molecule has 1 aromatic rings. The van der Waals surface area contributed by atoms with Gasteiger partial charge >= 0.3 is 6.09 Å². The fraction of sp³-hybridized carbons (Fsp3) is 0.571. The van der Waals surface area contributed by atoms with Crippen molar-refractivity contribution in [1.82, 2.24) is 10.6 Å². The number of alkyl carbamates (subject to hydrolysis) is 1. The first-order chi connectivity index (χ1) is 12.4. The van der Waals surface area contributed by atoms with Crippen molar-refractivity contribution in [3.05, 3.63) is 35.9 Å². The summed E-state index contributed by atoms with van der Waals surface area (Å²) in [6, 6.07) is 9.40. The number of amides is 2. The van der Waals surface area contributed by atoms with E-state index >= 15 is 0 Å². The van der Waals surface area contributed by atoms with Crippen LogP contribution in [0.3, 0.4) is 0 Å². The van der Waals surface area contributed by atoms with Crippen LogP contribution in [0.25, 0.3) is 0 Å². The van der Waals surface area contributed by atoms with Crippen LogP contribution >= 0.6 is 0 Å². The summed E-state index contributed by atoms with van der Waals surface area (Å²) in [4.78, 5) is 36.5. The van der Waals surface area contributed by atoms with Crippen molar-refractivity contribution in [2.75, 3.05) is 0 Å². The number of carbonyl (C=O) groups excluding carboxylic acids is 3. The summed E-state index contributed by atoms with van der Waals surface area (Å²) >= 11 is 0. The lowest BCUT2D eigenvalue weighted by molar-refractivity contribution is -0.130. The van der Waals surface area contributed by atoms with Crippen LogP contribution in [-0.2, 0) is 20.7 Å². The van der Waals surface area contributed by atoms with E-state index in [2.05, 4.69) is 10.6 Å². The van der Waals surface area contributed by atoms with E-state index in [1.165, 1.54) is 12.5 Å². The molecule has 2 amide bonds. The summed E-state index contributed by atoms with van der Waals surface area (Å²) in [6.45, 7) is 9.86. The van der Waals surface area contributed by atoms with Crippen LogP contribution in [-0.4, -0.2) is 35.0 Å². The second-order valence-electron chi connectivity index (χ2n) is 8.27. The highest BCUT2D eigenvalue weighted by Crippen LogP contribution is 2.12. The number of hydrogen-bond donors (Lipinski definition) is 2. The van der Waals surface area contributed by atoms with Crippen LogP contribution in [0, 0.1) is 0 Å². The van der Waals surface area contributed by atoms with Gasteiger partial charge in [0.2, 0.25) is 5.91 Å². The standard InChI is InChI=1S/C21H32N2O4/c1-15(24)17(14-10-13-16-11-8-7-9-12-16)22-18(25)21(5,6)23-19(26)27-20(2,3)4/h7-9,11-12,17H,10,13-14H2,1-6H3,(H,22,25)(H,23,26). The van der Waals surface area contributed by atoms with Crippen LogP contribution < -0.4 is 10.6 Å². The lowest BCUT2D eigenvalue weighted by Crippen LogP contribution is -2.58. The lowest BCUT2D eigenvalue weighted by Gasteiger charge is -2.29. The molecule has 150 valence electrons. The lowest BCUT2D eigenvalue weighted by atomic mass is 10.00. The van der Waals surface area contributed by atoms with Gasteiger partial charge in [0.05, 0.1) is 6.04 Å². The molecular formula is C21H32N2O4. The number of nitrogens with one attached hydrogen (secondary N) is 2. The maximum atomic E-state index is 12.6. The molecule has 0 heterocycles. The summed E-state index contributed by atoms with van der Waals surface area (Å²) in [5, 5.41) is 5.31. The van der Waals surface area contributed by atoms with Gasteiger partial charge in [-0.2, -0.15) is 0 Å². The van der Waals surface area contributed by atoms with E-state index in [1.807, 2.05) is 30.3 Å². The van der Waals surface area contributed by atoms with Crippen LogP contribution in [0.1, 0.15) is 59.9 Å². The zero-order chi connectivity index (χ0) is 20.7. The van der Waals surface area contributed by atoms with Gasteiger partial charge in [-0.1, -0.05) is 30.3 Å². The fourth-order valence-electron chi connectivity index (χ4n) is 2.49. The molecule has 1 aromatic carbocycles. The van der Waals surface area contributed by atoms with E-state index in [0.29, 0.717) is 6.42 Å². The summed E-state index contributed by atoms with van der Waals surface area (Å²) < 4.78 is 5.19. The molecule has 6 nitrogen and oxygen atoms in total. The van der Waals surface area contributed by atoms with Crippen LogP contribution in [0.5, 0.6) is 0 Å². The summed E-state index contributed by atoms with van der Waals surface area (Å²) in [5.41, 5.74) is -0.663. The van der Waals surface area contributed by atoms with E-state index in [-0.39, 0.29) is 5.78 Å². The molecule has 0 saturated heterocycles. The Balaban J connectivity index is 2.60. The summed E-state index contributed by atoms with van der Waals surface area (Å²) in [7, 11) is 0.